The van der Waals surface area contributed by atoms with Gasteiger partial charge in [0.2, 0.25) is 0 Å². The summed E-state index contributed by atoms with van der Waals surface area (Å²) in [6.45, 7) is 0. The van der Waals surface area contributed by atoms with Gasteiger partial charge in [0.05, 0.1) is 17.6 Å². The number of para-hydroxylation sites is 1. The van der Waals surface area contributed by atoms with Gasteiger partial charge in [-0.05, 0) is 24.3 Å². The maximum atomic E-state index is 12.3. The summed E-state index contributed by atoms with van der Waals surface area (Å²) in [6, 6.07) is 10.4. The predicted molar refractivity (Wildman–Crippen MR) is 92.3 cm³/mol. The van der Waals surface area contributed by atoms with Gasteiger partial charge in [0.1, 0.15) is 11.3 Å². The molecular weight excluding hydrogens is 364 g/mol. The molecule has 0 fully saturated rings. The number of nitro benzene ring substituents is 1. The van der Waals surface area contributed by atoms with E-state index < -0.39 is 16.5 Å². The highest BCUT2D eigenvalue weighted by Crippen LogP contribution is 2.29. The number of halogens is 1. The molecule has 0 aliphatic rings. The van der Waals surface area contributed by atoms with Crippen LogP contribution in [-0.4, -0.2) is 28.1 Å². The van der Waals surface area contributed by atoms with Gasteiger partial charge in [-0.3, -0.25) is 20.2 Å². The number of methoxy groups -OCH3 is 1. The van der Waals surface area contributed by atoms with Gasteiger partial charge in [-0.15, -0.1) is 5.10 Å². The highest BCUT2D eigenvalue weighted by atomic mass is 35.5. The van der Waals surface area contributed by atoms with Gasteiger partial charge in [0.25, 0.3) is 17.5 Å². The summed E-state index contributed by atoms with van der Waals surface area (Å²) < 4.78 is 10.6. The van der Waals surface area contributed by atoms with Crippen LogP contribution >= 0.6 is 11.6 Å². The molecule has 0 aliphatic heterocycles. The minimum absolute atomic E-state index is 0.123. The van der Waals surface area contributed by atoms with Gasteiger partial charge in [-0.1, -0.05) is 28.8 Å². The number of aromatic nitrogens is 2. The molecule has 1 aromatic heterocycles. The zero-order valence-electron chi connectivity index (χ0n) is 13.3. The van der Waals surface area contributed by atoms with E-state index >= 15 is 0 Å². The van der Waals surface area contributed by atoms with E-state index in [0.717, 1.165) is 6.07 Å². The summed E-state index contributed by atoms with van der Waals surface area (Å²) in [5, 5.41) is 21.1. The summed E-state index contributed by atoms with van der Waals surface area (Å²) in [4.78, 5) is 22.7. The number of hydrogen-bond acceptors (Lipinski definition) is 7. The number of ether oxygens (including phenoxy) is 1. The van der Waals surface area contributed by atoms with Crippen molar-refractivity contribution >= 4 is 29.2 Å². The molecule has 0 saturated carbocycles. The van der Waals surface area contributed by atoms with Crippen LogP contribution in [0.5, 0.6) is 5.75 Å². The molecule has 1 amide bonds. The SMILES string of the molecule is COc1ccccc1-c1nnc(NC(=O)c2cc(Cl)ccc2[N+](=O)[O-])o1. The molecular formula is C16H11ClN4O5. The Labute approximate surface area is 151 Å². The van der Waals surface area contributed by atoms with E-state index in [1.807, 2.05) is 0 Å². The van der Waals surface area contributed by atoms with Gasteiger partial charge in [0, 0.05) is 11.1 Å². The fraction of sp³-hybridized carbons (Fsp3) is 0.0625. The number of carbonyl (C=O) groups excluding carboxylic acids is 1. The summed E-state index contributed by atoms with van der Waals surface area (Å²) >= 11 is 5.82. The molecule has 1 heterocycles. The van der Waals surface area contributed by atoms with Crippen LogP contribution in [0, 0.1) is 10.1 Å². The standard InChI is InChI=1S/C16H11ClN4O5/c1-25-13-5-3-2-4-10(13)15-19-20-16(26-15)18-14(22)11-8-9(17)6-7-12(11)21(23)24/h2-8H,1H3,(H,18,20,22). The van der Waals surface area contributed by atoms with Crippen LogP contribution in [0.1, 0.15) is 10.4 Å². The van der Waals surface area contributed by atoms with Gasteiger partial charge >= 0.3 is 6.01 Å². The molecule has 3 aromatic rings. The molecule has 1 N–H and O–H groups in total. The van der Waals surface area contributed by atoms with E-state index in [0.29, 0.717) is 11.3 Å². The Hall–Kier alpha value is -3.46. The number of amides is 1. The van der Waals surface area contributed by atoms with Crippen LogP contribution in [-0.2, 0) is 0 Å². The van der Waals surface area contributed by atoms with Gasteiger partial charge in [-0.2, -0.15) is 0 Å². The molecule has 0 unspecified atom stereocenters. The maximum absolute atomic E-state index is 12.3. The average Bonchev–Trinajstić information content (AvgIpc) is 3.09. The van der Waals surface area contributed by atoms with Crippen molar-refractivity contribution < 1.29 is 18.9 Å². The van der Waals surface area contributed by atoms with Gasteiger partial charge in [-0.25, -0.2) is 0 Å². The third kappa shape index (κ3) is 3.47. The number of hydrogen-bond donors (Lipinski definition) is 1. The second-order valence-corrected chi connectivity index (χ2v) is 5.42. The third-order valence-corrected chi connectivity index (χ3v) is 3.62. The van der Waals surface area contributed by atoms with Crippen molar-refractivity contribution in [2.24, 2.45) is 0 Å². The first-order valence-electron chi connectivity index (χ1n) is 7.22. The lowest BCUT2D eigenvalue weighted by Gasteiger charge is -2.04. The lowest BCUT2D eigenvalue weighted by Crippen LogP contribution is -2.14. The zero-order valence-corrected chi connectivity index (χ0v) is 14.1. The van der Waals surface area contributed by atoms with Gasteiger partial charge in [0.15, 0.2) is 0 Å². The minimum Gasteiger partial charge on any atom is -0.496 e. The number of rotatable bonds is 5. The quantitative estimate of drug-likeness (QED) is 0.535. The van der Waals surface area contributed by atoms with Crippen molar-refractivity contribution in [3.63, 3.8) is 0 Å². The number of nitrogens with one attached hydrogen (secondary N) is 1. The van der Waals surface area contributed by atoms with Crippen molar-refractivity contribution in [2.75, 3.05) is 12.4 Å². The van der Waals surface area contributed by atoms with Crippen LogP contribution in [0.2, 0.25) is 5.02 Å². The number of nitrogens with zero attached hydrogens (tertiary/aromatic N) is 3. The second kappa shape index (κ2) is 7.19. The Morgan fingerprint density at radius 3 is 2.77 bits per heavy atom. The summed E-state index contributed by atoms with van der Waals surface area (Å²) in [5.41, 5.74) is -0.0763. The van der Waals surface area contributed by atoms with E-state index in [1.54, 1.807) is 24.3 Å². The van der Waals surface area contributed by atoms with E-state index in [2.05, 4.69) is 15.5 Å². The van der Waals surface area contributed by atoms with E-state index in [4.69, 9.17) is 20.8 Å². The van der Waals surface area contributed by atoms with Crippen molar-refractivity contribution in [1.82, 2.24) is 10.2 Å². The number of nitro groups is 1. The highest BCUT2D eigenvalue weighted by Gasteiger charge is 2.22. The molecule has 9 nitrogen and oxygen atoms in total. The summed E-state index contributed by atoms with van der Waals surface area (Å²) in [5.74, 6) is -0.160. The fourth-order valence-electron chi connectivity index (χ4n) is 2.22. The second-order valence-electron chi connectivity index (χ2n) is 4.99. The Kier molecular flexibility index (Phi) is 4.81. The number of carbonyl (C=O) groups is 1. The van der Waals surface area contributed by atoms with Crippen LogP contribution in [0.15, 0.2) is 46.9 Å². The van der Waals surface area contributed by atoms with Crippen molar-refractivity contribution in [1.29, 1.82) is 0 Å². The molecule has 0 atom stereocenters. The van der Waals surface area contributed by atoms with Crippen molar-refractivity contribution in [3.8, 4) is 17.2 Å². The first-order valence-corrected chi connectivity index (χ1v) is 7.59. The molecule has 2 aromatic carbocycles. The Morgan fingerprint density at radius 2 is 2.04 bits per heavy atom. The summed E-state index contributed by atoms with van der Waals surface area (Å²) in [6.07, 6.45) is 0. The maximum Gasteiger partial charge on any atom is 0.322 e. The number of benzene rings is 2. The first-order chi connectivity index (χ1) is 12.5. The van der Waals surface area contributed by atoms with Gasteiger partial charge < -0.3 is 9.15 Å². The van der Waals surface area contributed by atoms with Crippen molar-refractivity contribution in [3.05, 3.63) is 63.2 Å². The van der Waals surface area contributed by atoms with E-state index in [1.165, 1.54) is 19.2 Å². The Bertz CT molecular complexity index is 988. The lowest BCUT2D eigenvalue weighted by atomic mass is 10.1. The van der Waals surface area contributed by atoms with Crippen LogP contribution < -0.4 is 10.1 Å². The van der Waals surface area contributed by atoms with Crippen LogP contribution in [0.4, 0.5) is 11.7 Å². The molecule has 0 spiro atoms. The zero-order chi connectivity index (χ0) is 18.7. The molecule has 3 rings (SSSR count). The predicted octanol–water partition coefficient (Wildman–Crippen LogP) is 3.56. The average molecular weight is 375 g/mol. The minimum atomic E-state index is -0.797. The summed E-state index contributed by atoms with van der Waals surface area (Å²) in [7, 11) is 1.50. The largest absolute Gasteiger partial charge is 0.496 e. The molecule has 10 heteroatoms. The third-order valence-electron chi connectivity index (χ3n) is 3.38. The topological polar surface area (TPSA) is 120 Å². The normalized spacial score (nSPS) is 10.4. The smallest absolute Gasteiger partial charge is 0.322 e. The van der Waals surface area contributed by atoms with E-state index in [9.17, 15) is 14.9 Å². The molecule has 26 heavy (non-hydrogen) atoms. The lowest BCUT2D eigenvalue weighted by molar-refractivity contribution is -0.385. The highest BCUT2D eigenvalue weighted by molar-refractivity contribution is 6.31. The molecule has 0 bridgehead atoms. The molecule has 0 radical (unpaired) electrons. The van der Waals surface area contributed by atoms with Crippen molar-refractivity contribution in [2.45, 2.75) is 0 Å². The Balaban J connectivity index is 1.87. The monoisotopic (exact) mass is 374 g/mol. The van der Waals surface area contributed by atoms with E-state index in [-0.39, 0.29) is 22.5 Å². The Morgan fingerprint density at radius 1 is 1.27 bits per heavy atom. The molecule has 132 valence electrons. The molecule has 0 saturated heterocycles. The fourth-order valence-corrected chi connectivity index (χ4v) is 2.39. The number of anilines is 1. The molecule has 0 aliphatic carbocycles. The van der Waals surface area contributed by atoms with Crippen LogP contribution in [0.25, 0.3) is 11.5 Å². The van der Waals surface area contributed by atoms with Crippen LogP contribution in [0.3, 0.4) is 0 Å². The first kappa shape index (κ1) is 17.4.